The molecule has 1 heterocycles. The Bertz CT molecular complexity index is 565. The SMILES string of the molecule is CN1CCCCC(C(=O)N(CCN)Cc2cccc(Cl)c2)C1=O. The van der Waals surface area contributed by atoms with Gasteiger partial charge < -0.3 is 15.5 Å². The molecule has 0 aliphatic carbocycles. The molecule has 1 atom stereocenters. The fraction of sp³-hybridized carbons (Fsp3) is 0.529. The van der Waals surface area contributed by atoms with Gasteiger partial charge in [0.2, 0.25) is 11.8 Å². The first-order chi connectivity index (χ1) is 11.0. The van der Waals surface area contributed by atoms with Crippen molar-refractivity contribution in [2.24, 2.45) is 11.7 Å². The van der Waals surface area contributed by atoms with Gasteiger partial charge in [-0.25, -0.2) is 0 Å². The second-order valence-corrected chi connectivity index (χ2v) is 6.42. The number of halogens is 1. The summed E-state index contributed by atoms with van der Waals surface area (Å²) in [4.78, 5) is 28.6. The van der Waals surface area contributed by atoms with Gasteiger partial charge in [0, 0.05) is 38.2 Å². The summed E-state index contributed by atoms with van der Waals surface area (Å²) in [6.07, 6.45) is 2.44. The van der Waals surface area contributed by atoms with Crippen molar-refractivity contribution >= 4 is 23.4 Å². The number of nitrogens with two attached hydrogens (primary N) is 1. The Morgan fingerprint density at radius 2 is 2.22 bits per heavy atom. The summed E-state index contributed by atoms with van der Waals surface area (Å²) in [7, 11) is 1.76. The van der Waals surface area contributed by atoms with Crippen LogP contribution in [0.4, 0.5) is 0 Å². The molecule has 1 aromatic carbocycles. The lowest BCUT2D eigenvalue weighted by molar-refractivity contribution is -0.146. The van der Waals surface area contributed by atoms with E-state index < -0.39 is 5.92 Å². The number of amides is 2. The molecule has 0 spiro atoms. The highest BCUT2D eigenvalue weighted by atomic mass is 35.5. The van der Waals surface area contributed by atoms with Crippen LogP contribution in [-0.2, 0) is 16.1 Å². The van der Waals surface area contributed by atoms with Crippen molar-refractivity contribution in [3.63, 3.8) is 0 Å². The summed E-state index contributed by atoms with van der Waals surface area (Å²) in [5.74, 6) is -0.803. The van der Waals surface area contributed by atoms with Crippen LogP contribution >= 0.6 is 11.6 Å². The van der Waals surface area contributed by atoms with E-state index in [-0.39, 0.29) is 11.8 Å². The van der Waals surface area contributed by atoms with E-state index in [4.69, 9.17) is 17.3 Å². The van der Waals surface area contributed by atoms with Crippen LogP contribution < -0.4 is 5.73 Å². The molecule has 1 aliphatic rings. The Morgan fingerprint density at radius 1 is 1.43 bits per heavy atom. The normalized spacial score (nSPS) is 18.7. The minimum atomic E-state index is -0.590. The predicted molar refractivity (Wildman–Crippen MR) is 90.9 cm³/mol. The first-order valence-electron chi connectivity index (χ1n) is 8.01. The number of carbonyl (C=O) groups excluding carboxylic acids is 2. The Balaban J connectivity index is 2.15. The minimum Gasteiger partial charge on any atom is -0.345 e. The Labute approximate surface area is 142 Å². The topological polar surface area (TPSA) is 66.6 Å². The van der Waals surface area contributed by atoms with Crippen LogP contribution in [0.5, 0.6) is 0 Å². The molecule has 0 radical (unpaired) electrons. The average Bonchev–Trinajstić information content (AvgIpc) is 2.69. The smallest absolute Gasteiger partial charge is 0.235 e. The number of hydrogen-bond acceptors (Lipinski definition) is 3. The van der Waals surface area contributed by atoms with Gasteiger partial charge in [-0.3, -0.25) is 9.59 Å². The van der Waals surface area contributed by atoms with Crippen molar-refractivity contribution in [3.8, 4) is 0 Å². The maximum Gasteiger partial charge on any atom is 0.235 e. The third-order valence-electron chi connectivity index (χ3n) is 4.18. The molecule has 2 N–H and O–H groups in total. The highest BCUT2D eigenvalue weighted by Crippen LogP contribution is 2.21. The summed E-state index contributed by atoms with van der Waals surface area (Å²) in [6.45, 7) is 1.93. The van der Waals surface area contributed by atoms with Gasteiger partial charge in [-0.1, -0.05) is 30.2 Å². The van der Waals surface area contributed by atoms with Crippen molar-refractivity contribution in [2.75, 3.05) is 26.7 Å². The van der Waals surface area contributed by atoms with E-state index in [0.717, 1.165) is 18.4 Å². The maximum absolute atomic E-state index is 12.9. The van der Waals surface area contributed by atoms with E-state index >= 15 is 0 Å². The van der Waals surface area contributed by atoms with Crippen LogP contribution in [0.15, 0.2) is 24.3 Å². The molecule has 1 aliphatic heterocycles. The zero-order valence-corrected chi connectivity index (χ0v) is 14.3. The first-order valence-corrected chi connectivity index (χ1v) is 8.39. The van der Waals surface area contributed by atoms with Crippen molar-refractivity contribution in [2.45, 2.75) is 25.8 Å². The number of rotatable bonds is 5. The number of nitrogens with zero attached hydrogens (tertiary/aromatic N) is 2. The lowest BCUT2D eigenvalue weighted by Crippen LogP contribution is -2.44. The van der Waals surface area contributed by atoms with E-state index in [1.165, 1.54) is 0 Å². The standard InChI is InChI=1S/C17H24ClN3O2/c1-20-9-3-2-7-15(16(20)22)17(23)21(10-8-19)12-13-5-4-6-14(18)11-13/h4-6,11,15H,2-3,7-10,12,19H2,1H3. The molecule has 6 heteroatoms. The lowest BCUT2D eigenvalue weighted by Gasteiger charge is -2.27. The molecule has 2 amide bonds. The van der Waals surface area contributed by atoms with E-state index in [1.807, 2.05) is 18.2 Å². The Hall–Kier alpha value is -1.59. The molecule has 1 saturated heterocycles. The Kier molecular flexibility index (Phi) is 6.42. The van der Waals surface area contributed by atoms with E-state index in [9.17, 15) is 9.59 Å². The molecular weight excluding hydrogens is 314 g/mol. The van der Waals surface area contributed by atoms with Gasteiger partial charge in [0.1, 0.15) is 5.92 Å². The third kappa shape index (κ3) is 4.69. The Morgan fingerprint density at radius 3 is 2.91 bits per heavy atom. The highest BCUT2D eigenvalue weighted by Gasteiger charge is 2.33. The quantitative estimate of drug-likeness (QED) is 0.834. The van der Waals surface area contributed by atoms with Gasteiger partial charge in [0.05, 0.1) is 0 Å². The van der Waals surface area contributed by atoms with Crippen LogP contribution in [0.1, 0.15) is 24.8 Å². The van der Waals surface area contributed by atoms with Gasteiger partial charge in [-0.15, -0.1) is 0 Å². The van der Waals surface area contributed by atoms with Crippen LogP contribution in [0.25, 0.3) is 0 Å². The fourth-order valence-corrected chi connectivity index (χ4v) is 3.14. The summed E-state index contributed by atoms with van der Waals surface area (Å²) >= 11 is 6.01. The maximum atomic E-state index is 12.9. The second-order valence-electron chi connectivity index (χ2n) is 5.99. The van der Waals surface area contributed by atoms with E-state index in [0.29, 0.717) is 37.6 Å². The first kappa shape index (κ1) is 17.8. The van der Waals surface area contributed by atoms with Gasteiger partial charge in [0.25, 0.3) is 0 Å². The molecule has 0 bridgehead atoms. The van der Waals surface area contributed by atoms with Gasteiger partial charge in [0.15, 0.2) is 0 Å². The summed E-state index contributed by atoms with van der Waals surface area (Å²) in [5, 5.41) is 0.632. The number of likely N-dealkylation sites (tertiary alicyclic amines) is 1. The van der Waals surface area contributed by atoms with E-state index in [1.54, 1.807) is 22.9 Å². The molecule has 126 valence electrons. The van der Waals surface area contributed by atoms with Gasteiger partial charge >= 0.3 is 0 Å². The molecule has 23 heavy (non-hydrogen) atoms. The number of carbonyl (C=O) groups is 2. The molecule has 5 nitrogen and oxygen atoms in total. The zero-order chi connectivity index (χ0) is 16.8. The molecule has 0 saturated carbocycles. The van der Waals surface area contributed by atoms with Gasteiger partial charge in [-0.05, 0) is 30.5 Å². The van der Waals surface area contributed by atoms with E-state index in [2.05, 4.69) is 0 Å². The third-order valence-corrected chi connectivity index (χ3v) is 4.42. The van der Waals surface area contributed by atoms with Crippen molar-refractivity contribution in [3.05, 3.63) is 34.9 Å². The number of hydrogen-bond donors (Lipinski definition) is 1. The summed E-state index contributed by atoms with van der Waals surface area (Å²) in [5.41, 5.74) is 6.60. The molecule has 1 aromatic rings. The fourth-order valence-electron chi connectivity index (χ4n) is 2.93. The highest BCUT2D eigenvalue weighted by molar-refractivity contribution is 6.30. The molecule has 1 fully saturated rings. The number of benzene rings is 1. The van der Waals surface area contributed by atoms with Crippen LogP contribution in [0, 0.1) is 5.92 Å². The summed E-state index contributed by atoms with van der Waals surface area (Å²) in [6, 6.07) is 7.40. The lowest BCUT2D eigenvalue weighted by atomic mass is 10.0. The van der Waals surface area contributed by atoms with Crippen molar-refractivity contribution < 1.29 is 9.59 Å². The molecule has 0 aromatic heterocycles. The van der Waals surface area contributed by atoms with Gasteiger partial charge in [-0.2, -0.15) is 0 Å². The monoisotopic (exact) mass is 337 g/mol. The van der Waals surface area contributed by atoms with Crippen LogP contribution in [0.2, 0.25) is 5.02 Å². The predicted octanol–water partition coefficient (Wildman–Crippen LogP) is 1.89. The largest absolute Gasteiger partial charge is 0.345 e. The molecule has 2 rings (SSSR count). The second kappa shape index (κ2) is 8.31. The van der Waals surface area contributed by atoms with Crippen LogP contribution in [-0.4, -0.2) is 48.3 Å². The summed E-state index contributed by atoms with van der Waals surface area (Å²) < 4.78 is 0. The molecule has 1 unspecified atom stereocenters. The van der Waals surface area contributed by atoms with Crippen molar-refractivity contribution in [1.29, 1.82) is 0 Å². The van der Waals surface area contributed by atoms with Crippen LogP contribution in [0.3, 0.4) is 0 Å². The minimum absolute atomic E-state index is 0.0828. The average molecular weight is 338 g/mol. The molecular formula is C17H24ClN3O2. The van der Waals surface area contributed by atoms with Crippen molar-refractivity contribution in [1.82, 2.24) is 9.80 Å². The zero-order valence-electron chi connectivity index (χ0n) is 13.5.